The van der Waals surface area contributed by atoms with Crippen LogP contribution in [0, 0.1) is 11.6 Å². The van der Waals surface area contributed by atoms with E-state index < -0.39 is 24.0 Å². The van der Waals surface area contributed by atoms with E-state index in [4.69, 9.17) is 4.74 Å². The van der Waals surface area contributed by atoms with Crippen molar-refractivity contribution in [3.8, 4) is 17.4 Å². The first-order chi connectivity index (χ1) is 13.0. The van der Waals surface area contributed by atoms with E-state index in [-0.39, 0.29) is 24.1 Å². The highest BCUT2D eigenvalue weighted by atomic mass is 19.3. The van der Waals surface area contributed by atoms with Gasteiger partial charge in [-0.25, -0.2) is 18.4 Å². The quantitative estimate of drug-likeness (QED) is 0.627. The molecule has 2 heterocycles. The van der Waals surface area contributed by atoms with Crippen LogP contribution >= 0.6 is 0 Å². The Morgan fingerprint density at radius 2 is 2.04 bits per heavy atom. The summed E-state index contributed by atoms with van der Waals surface area (Å²) in [5.74, 6) is -2.21. The molecule has 3 aromatic rings. The van der Waals surface area contributed by atoms with Crippen LogP contribution < -0.4 is 14.8 Å². The van der Waals surface area contributed by atoms with Gasteiger partial charge in [-0.05, 0) is 12.1 Å². The summed E-state index contributed by atoms with van der Waals surface area (Å²) in [6, 6.07) is 3.26. The van der Waals surface area contributed by atoms with Crippen LogP contribution in [0.1, 0.15) is 5.69 Å². The number of hydrogen-bond acceptors (Lipinski definition) is 7. The maximum Gasteiger partial charge on any atom is 0.387 e. The average molecular weight is 384 g/mol. The van der Waals surface area contributed by atoms with Crippen LogP contribution in [0.3, 0.4) is 0 Å². The number of alkyl halides is 2. The minimum Gasteiger partial charge on any atom is -0.457 e. The molecule has 0 unspecified atom stereocenters. The Balaban J connectivity index is 1.72. The monoisotopic (exact) mass is 384 g/mol. The van der Waals surface area contributed by atoms with E-state index in [0.29, 0.717) is 5.69 Å². The van der Waals surface area contributed by atoms with Crippen LogP contribution in [-0.4, -0.2) is 38.6 Å². The van der Waals surface area contributed by atoms with Gasteiger partial charge in [0.2, 0.25) is 0 Å². The molecule has 0 fully saturated rings. The lowest BCUT2D eigenvalue weighted by molar-refractivity contribution is -0.0521. The molecule has 0 saturated carbocycles. The van der Waals surface area contributed by atoms with Crippen molar-refractivity contribution >= 4 is 5.82 Å². The number of ether oxygens (including phenoxy) is 2. The molecule has 0 saturated heterocycles. The third-order valence-corrected chi connectivity index (χ3v) is 3.24. The molecule has 3 rings (SSSR count). The number of hydrogen-bond donors (Lipinski definition) is 1. The van der Waals surface area contributed by atoms with E-state index in [9.17, 15) is 17.6 Å². The number of aromatic nitrogens is 5. The van der Waals surface area contributed by atoms with Crippen LogP contribution in [-0.2, 0) is 6.61 Å². The molecule has 0 atom stereocenters. The number of nitrogens with zero attached hydrogens (tertiary/aromatic N) is 5. The number of nitrogens with one attached hydrogen (secondary N) is 1. The number of halogens is 4. The van der Waals surface area contributed by atoms with Gasteiger partial charge in [0.05, 0.1) is 18.1 Å². The van der Waals surface area contributed by atoms with E-state index in [1.807, 2.05) is 0 Å². The second-order valence-electron chi connectivity index (χ2n) is 5.04. The van der Waals surface area contributed by atoms with Crippen molar-refractivity contribution < 1.29 is 27.0 Å². The van der Waals surface area contributed by atoms with Crippen molar-refractivity contribution in [1.82, 2.24) is 25.0 Å². The standard InChI is InChI=1S/C15H12F4N6O2/c1-20-13-11(17)5-21-15(22-13)26-7-8-6-25(24-23-8)9-2-3-10(16)12(4-9)27-14(18)19/h2-6,14H,7H2,1H3,(H,20,21,22). The van der Waals surface area contributed by atoms with Gasteiger partial charge < -0.3 is 14.8 Å². The van der Waals surface area contributed by atoms with E-state index in [1.54, 1.807) is 0 Å². The summed E-state index contributed by atoms with van der Waals surface area (Å²) in [6.45, 7) is -3.25. The predicted molar refractivity (Wildman–Crippen MR) is 83.8 cm³/mol. The normalized spacial score (nSPS) is 10.9. The highest BCUT2D eigenvalue weighted by Gasteiger charge is 2.13. The van der Waals surface area contributed by atoms with E-state index in [2.05, 4.69) is 30.3 Å². The smallest absolute Gasteiger partial charge is 0.387 e. The molecule has 12 heteroatoms. The lowest BCUT2D eigenvalue weighted by atomic mass is 10.3. The van der Waals surface area contributed by atoms with Crippen molar-refractivity contribution in [3.05, 3.63) is 47.9 Å². The summed E-state index contributed by atoms with van der Waals surface area (Å²) >= 11 is 0. The molecule has 1 N–H and O–H groups in total. The first-order valence-corrected chi connectivity index (χ1v) is 7.45. The zero-order chi connectivity index (χ0) is 19.4. The van der Waals surface area contributed by atoms with Gasteiger partial charge in [-0.15, -0.1) is 5.10 Å². The van der Waals surface area contributed by atoms with Crippen molar-refractivity contribution in [2.45, 2.75) is 13.2 Å². The Labute approximate surface area is 149 Å². The molecule has 27 heavy (non-hydrogen) atoms. The van der Waals surface area contributed by atoms with E-state index in [0.717, 1.165) is 18.3 Å². The van der Waals surface area contributed by atoms with Gasteiger partial charge in [0, 0.05) is 13.1 Å². The molecule has 1 aromatic carbocycles. The average Bonchev–Trinajstić information content (AvgIpc) is 3.11. The minimum atomic E-state index is -3.16. The van der Waals surface area contributed by atoms with Crippen LogP contribution in [0.25, 0.3) is 5.69 Å². The van der Waals surface area contributed by atoms with Gasteiger partial charge in [-0.1, -0.05) is 5.21 Å². The maximum absolute atomic E-state index is 13.5. The Hall–Kier alpha value is -3.44. The highest BCUT2D eigenvalue weighted by molar-refractivity contribution is 5.39. The Kier molecular flexibility index (Phi) is 5.33. The number of rotatable bonds is 7. The van der Waals surface area contributed by atoms with Crippen LogP contribution in [0.2, 0.25) is 0 Å². The summed E-state index contributed by atoms with van der Waals surface area (Å²) in [4.78, 5) is 7.50. The molecular formula is C15H12F4N6O2. The Morgan fingerprint density at radius 3 is 2.78 bits per heavy atom. The van der Waals surface area contributed by atoms with Crippen LogP contribution in [0.4, 0.5) is 23.4 Å². The van der Waals surface area contributed by atoms with Crippen LogP contribution in [0.15, 0.2) is 30.6 Å². The van der Waals surface area contributed by atoms with Crippen molar-refractivity contribution in [2.24, 2.45) is 0 Å². The zero-order valence-electron chi connectivity index (χ0n) is 13.7. The van der Waals surface area contributed by atoms with Gasteiger partial charge in [-0.3, -0.25) is 0 Å². The van der Waals surface area contributed by atoms with E-state index >= 15 is 0 Å². The third-order valence-electron chi connectivity index (χ3n) is 3.24. The zero-order valence-corrected chi connectivity index (χ0v) is 13.7. The molecule has 8 nitrogen and oxygen atoms in total. The molecule has 0 aliphatic heterocycles. The summed E-state index contributed by atoms with van der Waals surface area (Å²) in [5.41, 5.74) is 0.593. The summed E-state index contributed by atoms with van der Waals surface area (Å²) in [5, 5.41) is 10.2. The molecule has 0 radical (unpaired) electrons. The molecule has 0 aliphatic rings. The largest absolute Gasteiger partial charge is 0.457 e. The predicted octanol–water partition coefficient (Wildman–Crippen LogP) is 2.56. The topological polar surface area (TPSA) is 87.0 Å². The van der Waals surface area contributed by atoms with Crippen molar-refractivity contribution in [1.29, 1.82) is 0 Å². The second kappa shape index (κ2) is 7.85. The molecule has 0 amide bonds. The SMILES string of the molecule is CNc1nc(OCc2cn(-c3ccc(F)c(OC(F)F)c3)nn2)ncc1F. The minimum absolute atomic E-state index is 0.0264. The van der Waals surface area contributed by atoms with Gasteiger partial charge in [0.25, 0.3) is 0 Å². The summed E-state index contributed by atoms with van der Waals surface area (Å²) in [6.07, 6.45) is 2.38. The van der Waals surface area contributed by atoms with Crippen LogP contribution in [0.5, 0.6) is 11.8 Å². The molecule has 0 bridgehead atoms. The van der Waals surface area contributed by atoms with Gasteiger partial charge >= 0.3 is 12.6 Å². The van der Waals surface area contributed by atoms with Crippen molar-refractivity contribution in [2.75, 3.05) is 12.4 Å². The van der Waals surface area contributed by atoms with Crippen molar-refractivity contribution in [3.63, 3.8) is 0 Å². The first kappa shape index (κ1) is 18.4. The van der Waals surface area contributed by atoms with E-state index in [1.165, 1.54) is 24.0 Å². The highest BCUT2D eigenvalue weighted by Crippen LogP contribution is 2.23. The Morgan fingerprint density at radius 1 is 1.22 bits per heavy atom. The second-order valence-corrected chi connectivity index (χ2v) is 5.04. The summed E-state index contributed by atoms with van der Waals surface area (Å²) < 4.78 is 62.0. The third kappa shape index (κ3) is 4.40. The molecule has 0 aliphatic carbocycles. The number of anilines is 1. The Bertz CT molecular complexity index is 936. The van der Waals surface area contributed by atoms with Gasteiger partial charge in [-0.2, -0.15) is 13.8 Å². The lowest BCUT2D eigenvalue weighted by Crippen LogP contribution is -2.05. The summed E-state index contributed by atoms with van der Waals surface area (Å²) in [7, 11) is 1.50. The van der Waals surface area contributed by atoms with Gasteiger partial charge in [0.1, 0.15) is 12.3 Å². The van der Waals surface area contributed by atoms with Gasteiger partial charge in [0.15, 0.2) is 23.2 Å². The fourth-order valence-corrected chi connectivity index (χ4v) is 2.05. The fraction of sp³-hybridized carbons (Fsp3) is 0.200. The lowest BCUT2D eigenvalue weighted by Gasteiger charge is -2.07. The molecule has 0 spiro atoms. The first-order valence-electron chi connectivity index (χ1n) is 7.45. The maximum atomic E-state index is 13.5. The molecule has 142 valence electrons. The molecular weight excluding hydrogens is 372 g/mol. The number of benzene rings is 1. The molecule has 2 aromatic heterocycles. The fourth-order valence-electron chi connectivity index (χ4n) is 2.05.